The molecule has 1 fully saturated rings. The topological polar surface area (TPSA) is 125 Å². The number of pyridine rings is 1. The second kappa shape index (κ2) is 12.5. The Morgan fingerprint density at radius 1 is 0.915 bits per heavy atom. The Hall–Kier alpha value is -5.19. The third-order valence-electron chi connectivity index (χ3n) is 8.53. The maximum absolute atomic E-state index is 15.3. The first-order valence-electron chi connectivity index (χ1n) is 14.9. The van der Waals surface area contributed by atoms with E-state index in [0.717, 1.165) is 9.99 Å². The summed E-state index contributed by atoms with van der Waals surface area (Å²) >= 11 is 0. The number of carbonyl (C=O) groups excluding carboxylic acids is 1. The lowest BCUT2D eigenvalue weighted by Crippen LogP contribution is -2.60. The number of hydrogen-bond donors (Lipinski definition) is 0. The van der Waals surface area contributed by atoms with Crippen molar-refractivity contribution in [2.75, 3.05) is 56.2 Å². The van der Waals surface area contributed by atoms with E-state index in [9.17, 15) is 18.1 Å². The van der Waals surface area contributed by atoms with Gasteiger partial charge in [0.25, 0.3) is 15.9 Å². The summed E-state index contributed by atoms with van der Waals surface area (Å²) in [5, 5.41) is 9.95. The van der Waals surface area contributed by atoms with Gasteiger partial charge in [0.2, 0.25) is 0 Å². The highest BCUT2D eigenvalue weighted by Gasteiger charge is 2.61. The first-order chi connectivity index (χ1) is 22.7. The number of carbonyl (C=O) groups is 1. The van der Waals surface area contributed by atoms with Gasteiger partial charge < -0.3 is 19.1 Å². The molecule has 3 aromatic carbocycles. The molecule has 242 valence electrons. The fourth-order valence-electron chi connectivity index (χ4n) is 6.43. The van der Waals surface area contributed by atoms with Crippen LogP contribution in [0.25, 0.3) is 0 Å². The summed E-state index contributed by atoms with van der Waals surface area (Å²) in [6.45, 7) is 3.49. The molecular weight excluding hydrogens is 625 g/mol. The van der Waals surface area contributed by atoms with Crippen molar-refractivity contribution in [3.8, 4) is 23.3 Å². The van der Waals surface area contributed by atoms with Crippen LogP contribution in [0.15, 0.2) is 84.0 Å². The Labute approximate surface area is 272 Å². The zero-order valence-electron chi connectivity index (χ0n) is 26.0. The van der Waals surface area contributed by atoms with E-state index >= 15 is 4.79 Å². The van der Waals surface area contributed by atoms with E-state index in [-0.39, 0.29) is 45.4 Å². The van der Waals surface area contributed by atoms with Crippen molar-refractivity contribution in [1.29, 1.82) is 5.26 Å². The number of piperazine rings is 1. The van der Waals surface area contributed by atoms with E-state index in [4.69, 9.17) is 14.2 Å². The second-order valence-corrected chi connectivity index (χ2v) is 12.7. The predicted octanol–water partition coefficient (Wildman–Crippen LogP) is 4.31. The van der Waals surface area contributed by atoms with E-state index < -0.39 is 27.3 Å². The molecule has 1 amide bonds. The first kappa shape index (κ1) is 31.8. The monoisotopic (exact) mass is 657 g/mol. The van der Waals surface area contributed by atoms with Crippen LogP contribution in [0.2, 0.25) is 0 Å². The molecule has 11 nitrogen and oxygen atoms in total. The average molecular weight is 658 g/mol. The van der Waals surface area contributed by atoms with E-state index in [1.807, 2.05) is 17.0 Å². The molecule has 3 heterocycles. The van der Waals surface area contributed by atoms with Crippen molar-refractivity contribution in [1.82, 2.24) is 9.88 Å². The van der Waals surface area contributed by atoms with Crippen LogP contribution >= 0.6 is 0 Å². The van der Waals surface area contributed by atoms with Gasteiger partial charge in [0, 0.05) is 67.5 Å². The maximum Gasteiger partial charge on any atom is 0.274 e. The highest BCUT2D eigenvalue weighted by atomic mass is 32.2. The number of nitriles is 1. The third-order valence-corrected chi connectivity index (χ3v) is 10.3. The van der Waals surface area contributed by atoms with Crippen molar-refractivity contribution in [3.63, 3.8) is 0 Å². The lowest BCUT2D eigenvalue weighted by Gasteiger charge is -2.46. The Morgan fingerprint density at radius 3 is 2.32 bits per heavy atom. The minimum atomic E-state index is -4.63. The molecule has 1 aromatic heterocycles. The van der Waals surface area contributed by atoms with Crippen molar-refractivity contribution in [3.05, 3.63) is 102 Å². The summed E-state index contributed by atoms with van der Waals surface area (Å²) in [7, 11) is -1.86. The molecule has 0 aliphatic carbocycles. The zero-order valence-corrected chi connectivity index (χ0v) is 26.8. The molecule has 2 aliphatic heterocycles. The number of methoxy groups -OCH3 is 2. The lowest BCUT2D eigenvalue weighted by atomic mass is 9.80. The van der Waals surface area contributed by atoms with Crippen LogP contribution in [-0.4, -0.2) is 71.2 Å². The molecular formula is C34H32FN5O6S. The molecule has 0 N–H and O–H groups in total. The summed E-state index contributed by atoms with van der Waals surface area (Å²) in [4.78, 5) is 23.2. The average Bonchev–Trinajstić information content (AvgIpc) is 3.36. The van der Waals surface area contributed by atoms with Crippen LogP contribution in [0, 0.1) is 17.1 Å². The van der Waals surface area contributed by atoms with Crippen LogP contribution in [-0.2, 0) is 20.4 Å². The fourth-order valence-corrected chi connectivity index (χ4v) is 8.03. The molecule has 1 atom stereocenters. The van der Waals surface area contributed by atoms with Gasteiger partial charge in [-0.05, 0) is 61.5 Å². The van der Waals surface area contributed by atoms with Gasteiger partial charge in [-0.3, -0.25) is 14.7 Å². The van der Waals surface area contributed by atoms with E-state index in [0.29, 0.717) is 31.9 Å². The van der Waals surface area contributed by atoms with Gasteiger partial charge in [0.15, 0.2) is 5.54 Å². The number of sulfonamides is 1. The number of ether oxygens (including phenoxy) is 3. The van der Waals surface area contributed by atoms with Crippen LogP contribution in [0.3, 0.4) is 0 Å². The van der Waals surface area contributed by atoms with Crippen molar-refractivity contribution >= 4 is 27.3 Å². The Morgan fingerprint density at radius 2 is 1.66 bits per heavy atom. The van der Waals surface area contributed by atoms with Crippen molar-refractivity contribution < 1.29 is 31.8 Å². The van der Waals surface area contributed by atoms with Gasteiger partial charge in [-0.15, -0.1) is 0 Å². The molecule has 1 unspecified atom stereocenters. The quantitative estimate of drug-likeness (QED) is 0.257. The number of fused-ring (bicyclic) bond motifs is 1. The van der Waals surface area contributed by atoms with Gasteiger partial charge in [0.05, 0.1) is 38.1 Å². The van der Waals surface area contributed by atoms with Crippen molar-refractivity contribution in [2.24, 2.45) is 0 Å². The minimum Gasteiger partial charge on any atom is -0.497 e. The third kappa shape index (κ3) is 5.19. The molecule has 0 spiro atoms. The first-order valence-corrected chi connectivity index (χ1v) is 16.3. The van der Waals surface area contributed by atoms with Gasteiger partial charge >= 0.3 is 0 Å². The van der Waals surface area contributed by atoms with Crippen LogP contribution in [0.1, 0.15) is 23.6 Å². The van der Waals surface area contributed by atoms with Crippen LogP contribution < -0.4 is 23.4 Å². The predicted molar refractivity (Wildman–Crippen MR) is 172 cm³/mol. The molecule has 2 aliphatic rings. The molecule has 1 saturated heterocycles. The fraction of sp³-hybridized carbons (Fsp3) is 0.265. The summed E-state index contributed by atoms with van der Waals surface area (Å²) in [5.74, 6) is -0.967. The van der Waals surface area contributed by atoms with Crippen LogP contribution in [0.4, 0.5) is 15.8 Å². The highest BCUT2D eigenvalue weighted by Crippen LogP contribution is 2.53. The van der Waals surface area contributed by atoms with E-state index in [1.54, 1.807) is 19.3 Å². The second-order valence-electron chi connectivity index (χ2n) is 10.9. The standard InChI is InChI=1S/C34H32FN5O6S/c1-4-46-30-20-24(35)6-8-27(30)34(39-17-15-38(16-18-39)25-11-13-37-14-12-25)28-19-23(22-36)5-9-29(28)40(33(34)41)47(42,43)32-10-7-26(44-2)21-31(32)45-3/h5-14,19-21H,4,15-18H2,1-3H3. The molecule has 47 heavy (non-hydrogen) atoms. The lowest BCUT2D eigenvalue weighted by molar-refractivity contribution is -0.127. The number of hydrogen-bond acceptors (Lipinski definition) is 10. The summed E-state index contributed by atoms with van der Waals surface area (Å²) in [5.41, 5.74) is -0.0437. The molecule has 13 heteroatoms. The SMILES string of the molecule is CCOc1cc(F)ccc1C1(N2CCN(c3ccncc3)CC2)C(=O)N(S(=O)(=O)c2ccc(OC)cc2OC)c2ccc(C#N)cc21. The minimum absolute atomic E-state index is 0.0207. The largest absolute Gasteiger partial charge is 0.497 e. The normalized spacial score (nSPS) is 18.1. The summed E-state index contributed by atoms with van der Waals surface area (Å²) < 4.78 is 61.4. The summed E-state index contributed by atoms with van der Waals surface area (Å²) in [6, 6.07) is 18.4. The molecule has 0 saturated carbocycles. The number of halogens is 1. The molecule has 6 rings (SSSR count). The van der Waals surface area contributed by atoms with Gasteiger partial charge in [0.1, 0.15) is 28.0 Å². The van der Waals surface area contributed by atoms with Crippen molar-refractivity contribution in [2.45, 2.75) is 17.4 Å². The number of anilines is 2. The van der Waals surface area contributed by atoms with E-state index in [1.165, 1.54) is 68.8 Å². The zero-order chi connectivity index (χ0) is 33.3. The smallest absolute Gasteiger partial charge is 0.274 e. The number of benzene rings is 3. The summed E-state index contributed by atoms with van der Waals surface area (Å²) in [6.07, 6.45) is 3.40. The molecule has 0 radical (unpaired) electrons. The molecule has 4 aromatic rings. The molecule has 0 bridgehead atoms. The number of nitrogens with zero attached hydrogens (tertiary/aromatic N) is 5. The Kier molecular flexibility index (Phi) is 8.48. The Balaban J connectivity index is 1.59. The van der Waals surface area contributed by atoms with E-state index in [2.05, 4.69) is 16.0 Å². The number of aromatic nitrogens is 1. The maximum atomic E-state index is 15.3. The van der Waals surface area contributed by atoms with Crippen LogP contribution in [0.5, 0.6) is 17.2 Å². The highest BCUT2D eigenvalue weighted by molar-refractivity contribution is 7.93. The number of rotatable bonds is 9. The Bertz CT molecular complexity index is 1980. The van der Waals surface area contributed by atoms with Gasteiger partial charge in [-0.25, -0.2) is 17.1 Å². The van der Waals surface area contributed by atoms with Gasteiger partial charge in [-0.1, -0.05) is 0 Å². The number of amides is 1. The van der Waals surface area contributed by atoms with Gasteiger partial charge in [-0.2, -0.15) is 5.26 Å².